The molecule has 0 fully saturated rings. The van der Waals surface area contributed by atoms with Crippen LogP contribution in [0.3, 0.4) is 0 Å². The second-order valence-corrected chi connectivity index (χ2v) is 5.70. The maximum Gasteiger partial charge on any atom is 0.319 e. The van der Waals surface area contributed by atoms with Crippen molar-refractivity contribution >= 4 is 22.3 Å². The van der Waals surface area contributed by atoms with Gasteiger partial charge in [-0.15, -0.1) is 11.3 Å². The smallest absolute Gasteiger partial charge is 0.319 e. The highest BCUT2D eigenvalue weighted by molar-refractivity contribution is 7.15. The van der Waals surface area contributed by atoms with Crippen molar-refractivity contribution in [2.45, 2.75) is 26.8 Å². The molecule has 2 rings (SSSR count). The molecule has 21 heavy (non-hydrogen) atoms. The standard InChI is InChI=1S/C14H19N3O3S/c1-4-5-16(8-13(19)20-3)7-11-6-12(18)17-10(2)9-21-14(17)15-11/h6,9H,4-5,7-8H2,1-3H3. The SMILES string of the molecule is CCCN(CC(=O)OC)Cc1cc(=O)n2c(C)csc2n1. The predicted molar refractivity (Wildman–Crippen MR) is 81.7 cm³/mol. The van der Waals surface area contributed by atoms with Crippen LogP contribution in [0.1, 0.15) is 24.7 Å². The number of ether oxygens (including phenoxy) is 1. The molecule has 0 amide bonds. The van der Waals surface area contributed by atoms with Crippen LogP contribution < -0.4 is 5.56 Å². The summed E-state index contributed by atoms with van der Waals surface area (Å²) in [7, 11) is 1.37. The van der Waals surface area contributed by atoms with E-state index in [1.165, 1.54) is 24.5 Å². The van der Waals surface area contributed by atoms with Gasteiger partial charge in [-0.3, -0.25) is 18.9 Å². The van der Waals surface area contributed by atoms with Crippen LogP contribution in [0, 0.1) is 6.92 Å². The fourth-order valence-electron chi connectivity index (χ4n) is 2.19. The van der Waals surface area contributed by atoms with Crippen LogP contribution in [0.2, 0.25) is 0 Å². The number of rotatable bonds is 6. The monoisotopic (exact) mass is 309 g/mol. The Morgan fingerprint density at radius 2 is 2.29 bits per heavy atom. The number of esters is 1. The Hall–Kier alpha value is -1.73. The summed E-state index contributed by atoms with van der Waals surface area (Å²) < 4.78 is 6.29. The molecule has 0 aliphatic rings. The first-order valence-corrected chi connectivity index (χ1v) is 7.69. The van der Waals surface area contributed by atoms with E-state index in [4.69, 9.17) is 4.74 Å². The molecule has 2 heterocycles. The zero-order chi connectivity index (χ0) is 15.4. The molecule has 0 atom stereocenters. The van der Waals surface area contributed by atoms with Gasteiger partial charge in [0.15, 0.2) is 4.96 Å². The minimum atomic E-state index is -0.284. The number of fused-ring (bicyclic) bond motifs is 1. The first-order chi connectivity index (χ1) is 10.0. The average molecular weight is 309 g/mol. The first-order valence-electron chi connectivity index (χ1n) is 6.81. The number of methoxy groups -OCH3 is 1. The fraction of sp³-hybridized carbons (Fsp3) is 0.500. The number of aromatic nitrogens is 2. The molecule has 7 heteroatoms. The summed E-state index contributed by atoms with van der Waals surface area (Å²) in [5.41, 5.74) is 1.49. The zero-order valence-electron chi connectivity index (χ0n) is 12.5. The minimum absolute atomic E-state index is 0.0803. The van der Waals surface area contributed by atoms with E-state index in [2.05, 4.69) is 4.98 Å². The van der Waals surface area contributed by atoms with Gasteiger partial charge in [-0.1, -0.05) is 6.92 Å². The predicted octanol–water partition coefficient (Wildman–Crippen LogP) is 1.45. The van der Waals surface area contributed by atoms with E-state index in [0.717, 1.165) is 18.7 Å². The molecule has 0 unspecified atom stereocenters. The van der Waals surface area contributed by atoms with Crippen LogP contribution in [-0.4, -0.2) is 40.5 Å². The molecule has 2 aromatic rings. The zero-order valence-corrected chi connectivity index (χ0v) is 13.3. The van der Waals surface area contributed by atoms with E-state index >= 15 is 0 Å². The van der Waals surface area contributed by atoms with Crippen molar-refractivity contribution in [2.24, 2.45) is 0 Å². The third-order valence-electron chi connectivity index (χ3n) is 3.13. The Bertz CT molecular complexity index is 692. The summed E-state index contributed by atoms with van der Waals surface area (Å²) >= 11 is 1.44. The Morgan fingerprint density at radius 1 is 1.52 bits per heavy atom. The van der Waals surface area contributed by atoms with Crippen molar-refractivity contribution < 1.29 is 9.53 Å². The number of carbonyl (C=O) groups excluding carboxylic acids is 1. The molecule has 2 aromatic heterocycles. The van der Waals surface area contributed by atoms with E-state index in [9.17, 15) is 9.59 Å². The van der Waals surface area contributed by atoms with Gasteiger partial charge in [0.2, 0.25) is 0 Å². The normalized spacial score (nSPS) is 11.2. The molecule has 0 aromatic carbocycles. The Kier molecular flexibility index (Phi) is 5.08. The number of carbonyl (C=O) groups is 1. The summed E-state index contributed by atoms with van der Waals surface area (Å²) in [4.78, 5) is 30.7. The van der Waals surface area contributed by atoms with Gasteiger partial charge in [0.05, 0.1) is 19.3 Å². The molecule has 0 bridgehead atoms. The van der Waals surface area contributed by atoms with Gasteiger partial charge in [-0.2, -0.15) is 0 Å². The van der Waals surface area contributed by atoms with E-state index in [1.807, 2.05) is 24.1 Å². The highest BCUT2D eigenvalue weighted by Crippen LogP contribution is 2.12. The molecule has 0 saturated heterocycles. The number of thiazole rings is 1. The topological polar surface area (TPSA) is 63.9 Å². The van der Waals surface area contributed by atoms with Gasteiger partial charge in [-0.25, -0.2) is 4.98 Å². The minimum Gasteiger partial charge on any atom is -0.468 e. The van der Waals surface area contributed by atoms with Gasteiger partial charge in [0.1, 0.15) is 0 Å². The highest BCUT2D eigenvalue weighted by atomic mass is 32.1. The van der Waals surface area contributed by atoms with Gasteiger partial charge in [-0.05, 0) is 19.9 Å². The van der Waals surface area contributed by atoms with E-state index in [1.54, 1.807) is 4.40 Å². The second-order valence-electron chi connectivity index (χ2n) is 4.87. The number of hydrogen-bond donors (Lipinski definition) is 0. The van der Waals surface area contributed by atoms with Gasteiger partial charge in [0, 0.05) is 23.7 Å². The summed E-state index contributed by atoms with van der Waals surface area (Å²) in [5.74, 6) is -0.284. The number of aryl methyl sites for hydroxylation is 1. The lowest BCUT2D eigenvalue weighted by molar-refractivity contribution is -0.142. The molecular formula is C14H19N3O3S. The molecule has 0 N–H and O–H groups in total. The Morgan fingerprint density at radius 3 is 2.95 bits per heavy atom. The largest absolute Gasteiger partial charge is 0.468 e. The van der Waals surface area contributed by atoms with Gasteiger partial charge < -0.3 is 4.74 Å². The molecule has 0 radical (unpaired) electrons. The lowest BCUT2D eigenvalue weighted by atomic mass is 10.3. The highest BCUT2D eigenvalue weighted by Gasteiger charge is 2.13. The second kappa shape index (κ2) is 6.82. The summed E-state index contributed by atoms with van der Waals surface area (Å²) in [5, 5.41) is 1.91. The molecule has 0 spiro atoms. The van der Waals surface area contributed by atoms with Crippen molar-refractivity contribution in [1.82, 2.24) is 14.3 Å². The molecule has 6 nitrogen and oxygen atoms in total. The average Bonchev–Trinajstić information content (AvgIpc) is 2.80. The van der Waals surface area contributed by atoms with Crippen molar-refractivity contribution in [3.8, 4) is 0 Å². The van der Waals surface area contributed by atoms with E-state index < -0.39 is 0 Å². The fourth-order valence-corrected chi connectivity index (χ4v) is 3.08. The van der Waals surface area contributed by atoms with Gasteiger partial charge >= 0.3 is 5.97 Å². The van der Waals surface area contributed by atoms with Gasteiger partial charge in [0.25, 0.3) is 5.56 Å². The first kappa shape index (κ1) is 15.7. The van der Waals surface area contributed by atoms with Crippen molar-refractivity contribution in [3.63, 3.8) is 0 Å². The van der Waals surface area contributed by atoms with Crippen LogP contribution in [0.25, 0.3) is 4.96 Å². The van der Waals surface area contributed by atoms with Crippen molar-refractivity contribution in [3.05, 3.63) is 33.2 Å². The molecule has 0 saturated carbocycles. The van der Waals surface area contributed by atoms with Crippen molar-refractivity contribution in [1.29, 1.82) is 0 Å². The van der Waals surface area contributed by atoms with Crippen LogP contribution in [0.4, 0.5) is 0 Å². The molecule has 0 aliphatic carbocycles. The number of nitrogens with zero attached hydrogens (tertiary/aromatic N) is 3. The summed E-state index contributed by atoms with van der Waals surface area (Å²) in [6, 6.07) is 1.53. The quantitative estimate of drug-likeness (QED) is 0.756. The lowest BCUT2D eigenvalue weighted by Crippen LogP contribution is -2.32. The molecule has 114 valence electrons. The lowest BCUT2D eigenvalue weighted by Gasteiger charge is -2.19. The number of hydrogen-bond acceptors (Lipinski definition) is 6. The third kappa shape index (κ3) is 3.68. The van der Waals surface area contributed by atoms with Crippen LogP contribution in [-0.2, 0) is 16.1 Å². The summed E-state index contributed by atoms with van der Waals surface area (Å²) in [6.45, 7) is 5.34. The summed E-state index contributed by atoms with van der Waals surface area (Å²) in [6.07, 6.45) is 0.913. The maximum atomic E-state index is 12.1. The Balaban J connectivity index is 2.24. The van der Waals surface area contributed by atoms with E-state index in [0.29, 0.717) is 17.2 Å². The van der Waals surface area contributed by atoms with Crippen LogP contribution in [0.15, 0.2) is 16.2 Å². The van der Waals surface area contributed by atoms with E-state index in [-0.39, 0.29) is 18.1 Å². The third-order valence-corrected chi connectivity index (χ3v) is 4.08. The Labute approximate surface area is 127 Å². The maximum absolute atomic E-state index is 12.1. The van der Waals surface area contributed by atoms with Crippen molar-refractivity contribution in [2.75, 3.05) is 20.2 Å². The molecule has 0 aliphatic heterocycles. The van der Waals surface area contributed by atoms with Crippen LogP contribution in [0.5, 0.6) is 0 Å². The molecular weight excluding hydrogens is 290 g/mol. The van der Waals surface area contributed by atoms with Crippen LogP contribution >= 0.6 is 11.3 Å².